The minimum Gasteiger partial charge on any atom is -0.480 e. The van der Waals surface area contributed by atoms with Crippen molar-refractivity contribution in [1.29, 1.82) is 0 Å². The number of rotatable bonds is 11. The van der Waals surface area contributed by atoms with Gasteiger partial charge in [0, 0.05) is 0 Å². The highest BCUT2D eigenvalue weighted by atomic mass is 16.4. The molecular formula is C14H27NO4. The summed E-state index contributed by atoms with van der Waals surface area (Å²) in [6.45, 7) is 4.05. The van der Waals surface area contributed by atoms with E-state index < -0.39 is 24.0 Å². The Balaban J connectivity index is 4.66. The molecule has 2 unspecified atom stereocenters. The third-order valence-electron chi connectivity index (χ3n) is 3.47. The van der Waals surface area contributed by atoms with Crippen molar-refractivity contribution >= 4 is 11.9 Å². The van der Waals surface area contributed by atoms with E-state index in [1.165, 1.54) is 4.90 Å². The second-order valence-electron chi connectivity index (χ2n) is 5.01. The molecule has 0 saturated heterocycles. The van der Waals surface area contributed by atoms with E-state index in [0.29, 0.717) is 12.8 Å². The summed E-state index contributed by atoms with van der Waals surface area (Å²) in [5.74, 6) is -1.86. The predicted molar refractivity (Wildman–Crippen MR) is 74.3 cm³/mol. The van der Waals surface area contributed by atoms with Crippen LogP contribution in [0.4, 0.5) is 0 Å². The highest BCUT2D eigenvalue weighted by Gasteiger charge is 2.31. The molecule has 0 spiro atoms. The first kappa shape index (κ1) is 17.9. The summed E-state index contributed by atoms with van der Waals surface area (Å²) >= 11 is 0. The zero-order valence-electron chi connectivity index (χ0n) is 12.3. The molecule has 0 aliphatic carbocycles. The summed E-state index contributed by atoms with van der Waals surface area (Å²) in [6, 6.07) is -1.41. The normalized spacial score (nSPS) is 14.3. The van der Waals surface area contributed by atoms with E-state index in [4.69, 9.17) is 0 Å². The summed E-state index contributed by atoms with van der Waals surface area (Å²) in [7, 11) is 1.61. The molecule has 0 radical (unpaired) electrons. The Kier molecular flexibility index (Phi) is 9.21. The van der Waals surface area contributed by atoms with Gasteiger partial charge in [-0.3, -0.25) is 14.5 Å². The Morgan fingerprint density at radius 1 is 0.895 bits per heavy atom. The van der Waals surface area contributed by atoms with Crippen LogP contribution in [0.2, 0.25) is 0 Å². The lowest BCUT2D eigenvalue weighted by Gasteiger charge is -2.30. The zero-order valence-corrected chi connectivity index (χ0v) is 12.3. The number of hydrogen-bond donors (Lipinski definition) is 2. The predicted octanol–water partition coefficient (Wildman–Crippen LogP) is 2.60. The fraction of sp³-hybridized carbons (Fsp3) is 0.857. The van der Waals surface area contributed by atoms with E-state index in [0.717, 1.165) is 32.1 Å². The molecule has 0 heterocycles. The fourth-order valence-corrected chi connectivity index (χ4v) is 2.20. The van der Waals surface area contributed by atoms with Gasteiger partial charge < -0.3 is 10.2 Å². The Morgan fingerprint density at radius 2 is 1.32 bits per heavy atom. The number of likely N-dealkylation sites (N-methyl/N-ethyl adjacent to an activating group) is 1. The minimum absolute atomic E-state index is 0.500. The lowest BCUT2D eigenvalue weighted by Crippen LogP contribution is -2.48. The Morgan fingerprint density at radius 3 is 1.68 bits per heavy atom. The summed E-state index contributed by atoms with van der Waals surface area (Å²) in [4.78, 5) is 24.1. The molecule has 0 bridgehead atoms. The number of unbranched alkanes of at least 4 members (excludes halogenated alkanes) is 3. The SMILES string of the molecule is CCCCCC(C(=O)O)N(C)C(CCCC)C(=O)O. The lowest BCUT2D eigenvalue weighted by atomic mass is 10.0. The van der Waals surface area contributed by atoms with Crippen molar-refractivity contribution in [2.75, 3.05) is 7.05 Å². The zero-order chi connectivity index (χ0) is 14.8. The molecule has 0 aromatic heterocycles. The molecule has 5 heteroatoms. The van der Waals surface area contributed by atoms with Crippen molar-refractivity contribution in [2.24, 2.45) is 0 Å². The maximum atomic E-state index is 11.3. The second-order valence-corrected chi connectivity index (χ2v) is 5.01. The van der Waals surface area contributed by atoms with Gasteiger partial charge in [0.25, 0.3) is 0 Å². The maximum Gasteiger partial charge on any atom is 0.320 e. The number of aliphatic carboxylic acids is 2. The molecule has 0 amide bonds. The molecule has 19 heavy (non-hydrogen) atoms. The topological polar surface area (TPSA) is 77.8 Å². The molecule has 2 N–H and O–H groups in total. The number of carboxylic acids is 2. The van der Waals surface area contributed by atoms with Gasteiger partial charge in [0.1, 0.15) is 12.1 Å². The highest BCUT2D eigenvalue weighted by molar-refractivity contribution is 5.77. The number of hydrogen-bond acceptors (Lipinski definition) is 3. The van der Waals surface area contributed by atoms with Gasteiger partial charge in [-0.05, 0) is 19.9 Å². The number of carboxylic acid groups (broad SMARTS) is 2. The van der Waals surface area contributed by atoms with Crippen LogP contribution in [0.25, 0.3) is 0 Å². The number of carbonyl (C=O) groups is 2. The van der Waals surface area contributed by atoms with Crippen molar-refractivity contribution in [3.05, 3.63) is 0 Å². The third kappa shape index (κ3) is 6.57. The van der Waals surface area contributed by atoms with Gasteiger partial charge in [0.2, 0.25) is 0 Å². The van der Waals surface area contributed by atoms with Crippen LogP contribution in [-0.2, 0) is 9.59 Å². The molecule has 112 valence electrons. The molecule has 0 aromatic rings. The first-order valence-corrected chi connectivity index (χ1v) is 7.13. The molecule has 2 atom stereocenters. The molecule has 0 aromatic carbocycles. The largest absolute Gasteiger partial charge is 0.480 e. The lowest BCUT2D eigenvalue weighted by molar-refractivity contribution is -0.150. The number of nitrogens with zero attached hydrogens (tertiary/aromatic N) is 1. The van der Waals surface area contributed by atoms with Crippen molar-refractivity contribution in [1.82, 2.24) is 4.90 Å². The quantitative estimate of drug-likeness (QED) is 0.566. The van der Waals surface area contributed by atoms with Gasteiger partial charge in [-0.25, -0.2) is 0 Å². The van der Waals surface area contributed by atoms with Gasteiger partial charge in [-0.1, -0.05) is 46.0 Å². The monoisotopic (exact) mass is 273 g/mol. The van der Waals surface area contributed by atoms with Gasteiger partial charge in [0.05, 0.1) is 0 Å². The summed E-state index contributed by atoms with van der Waals surface area (Å²) in [5.41, 5.74) is 0. The first-order chi connectivity index (χ1) is 8.95. The average molecular weight is 273 g/mol. The highest BCUT2D eigenvalue weighted by Crippen LogP contribution is 2.16. The molecule has 0 aliphatic heterocycles. The smallest absolute Gasteiger partial charge is 0.320 e. The summed E-state index contributed by atoms with van der Waals surface area (Å²) in [5, 5.41) is 18.5. The summed E-state index contributed by atoms with van der Waals surface area (Å²) < 4.78 is 0. The average Bonchev–Trinajstić information content (AvgIpc) is 2.34. The minimum atomic E-state index is -0.933. The van der Waals surface area contributed by atoms with Crippen LogP contribution in [0.15, 0.2) is 0 Å². The molecular weight excluding hydrogens is 246 g/mol. The van der Waals surface area contributed by atoms with E-state index in [9.17, 15) is 19.8 Å². The molecule has 0 aliphatic rings. The van der Waals surface area contributed by atoms with E-state index in [1.54, 1.807) is 7.05 Å². The van der Waals surface area contributed by atoms with Gasteiger partial charge >= 0.3 is 11.9 Å². The van der Waals surface area contributed by atoms with E-state index in [1.807, 2.05) is 6.92 Å². The van der Waals surface area contributed by atoms with E-state index in [-0.39, 0.29) is 0 Å². The molecule has 0 fully saturated rings. The van der Waals surface area contributed by atoms with Crippen LogP contribution in [0.3, 0.4) is 0 Å². The van der Waals surface area contributed by atoms with Crippen molar-refractivity contribution in [3.63, 3.8) is 0 Å². The first-order valence-electron chi connectivity index (χ1n) is 7.13. The summed E-state index contributed by atoms with van der Waals surface area (Å²) in [6.07, 6.45) is 5.53. The van der Waals surface area contributed by atoms with Crippen molar-refractivity contribution < 1.29 is 19.8 Å². The molecule has 0 saturated carbocycles. The van der Waals surface area contributed by atoms with Crippen LogP contribution >= 0.6 is 0 Å². The molecule has 5 nitrogen and oxygen atoms in total. The van der Waals surface area contributed by atoms with Crippen LogP contribution in [0, 0.1) is 0 Å². The van der Waals surface area contributed by atoms with E-state index in [2.05, 4.69) is 6.92 Å². The molecule has 0 rings (SSSR count). The van der Waals surface area contributed by atoms with Crippen molar-refractivity contribution in [3.8, 4) is 0 Å². The van der Waals surface area contributed by atoms with Crippen LogP contribution in [0.5, 0.6) is 0 Å². The maximum absolute atomic E-state index is 11.3. The Bertz CT molecular complexity index is 281. The standard InChI is InChI=1S/C14H27NO4/c1-4-6-8-10-12(14(18)19)15(3)11(13(16)17)9-7-5-2/h11-12H,4-10H2,1-3H3,(H,16,17)(H,18,19). The van der Waals surface area contributed by atoms with E-state index >= 15 is 0 Å². The Labute approximate surface area is 115 Å². The van der Waals surface area contributed by atoms with Gasteiger partial charge in [-0.15, -0.1) is 0 Å². The third-order valence-corrected chi connectivity index (χ3v) is 3.47. The van der Waals surface area contributed by atoms with Crippen LogP contribution in [-0.4, -0.2) is 46.2 Å². The van der Waals surface area contributed by atoms with Crippen LogP contribution < -0.4 is 0 Å². The fourth-order valence-electron chi connectivity index (χ4n) is 2.20. The second kappa shape index (κ2) is 9.78. The van der Waals surface area contributed by atoms with Crippen LogP contribution in [0.1, 0.15) is 58.8 Å². The van der Waals surface area contributed by atoms with Crippen molar-refractivity contribution in [2.45, 2.75) is 70.9 Å². The van der Waals surface area contributed by atoms with Gasteiger partial charge in [0.15, 0.2) is 0 Å². The van der Waals surface area contributed by atoms with Gasteiger partial charge in [-0.2, -0.15) is 0 Å². The Hall–Kier alpha value is -1.10.